The van der Waals surface area contributed by atoms with Gasteiger partial charge >= 0.3 is 0 Å². The van der Waals surface area contributed by atoms with Gasteiger partial charge in [0.1, 0.15) is 11.0 Å². The minimum Gasteiger partial charge on any atom is -0.378 e. The van der Waals surface area contributed by atoms with Gasteiger partial charge in [-0.3, -0.25) is 0 Å². The second kappa shape index (κ2) is 5.61. The summed E-state index contributed by atoms with van der Waals surface area (Å²) in [6.07, 6.45) is 0. The van der Waals surface area contributed by atoms with Crippen LogP contribution in [0.3, 0.4) is 0 Å². The average molecular weight is 287 g/mol. The molecule has 18 heavy (non-hydrogen) atoms. The third-order valence-electron chi connectivity index (χ3n) is 2.21. The van der Waals surface area contributed by atoms with Crippen molar-refractivity contribution in [2.24, 2.45) is 0 Å². The van der Waals surface area contributed by atoms with E-state index in [0.717, 1.165) is 0 Å². The van der Waals surface area contributed by atoms with Crippen molar-refractivity contribution in [2.75, 3.05) is 7.11 Å². The average Bonchev–Trinajstić information content (AvgIpc) is 2.28. The van der Waals surface area contributed by atoms with Gasteiger partial charge in [0.25, 0.3) is 0 Å². The van der Waals surface area contributed by atoms with Gasteiger partial charge in [-0.05, 0) is 24.3 Å². The lowest BCUT2D eigenvalue weighted by molar-refractivity contribution is 0.181. The Hall–Kier alpha value is -1.23. The lowest BCUT2D eigenvalue weighted by Crippen LogP contribution is -1.98. The van der Waals surface area contributed by atoms with E-state index in [0.29, 0.717) is 23.7 Å². The second-order valence-electron chi connectivity index (χ2n) is 3.56. The van der Waals surface area contributed by atoms with Crippen LogP contribution in [0, 0.1) is 5.82 Å². The molecular weight excluding hydrogens is 278 g/mol. The smallest absolute Gasteiger partial charge is 0.162 e. The van der Waals surface area contributed by atoms with Crippen LogP contribution < -0.4 is 0 Å². The van der Waals surface area contributed by atoms with Gasteiger partial charge in [0.15, 0.2) is 5.82 Å². The van der Waals surface area contributed by atoms with E-state index >= 15 is 0 Å². The van der Waals surface area contributed by atoms with E-state index in [2.05, 4.69) is 9.97 Å². The number of rotatable bonds is 3. The van der Waals surface area contributed by atoms with Crippen molar-refractivity contribution in [3.63, 3.8) is 0 Å². The standard InChI is InChI=1S/C12H9Cl2FN2O/c1-18-6-8-5-11(14)17-12(16-8)9-3-2-7(15)4-10(9)13/h2-5H,6H2,1H3. The van der Waals surface area contributed by atoms with Gasteiger partial charge in [0.05, 0.1) is 17.3 Å². The molecule has 0 aliphatic carbocycles. The van der Waals surface area contributed by atoms with E-state index in [-0.39, 0.29) is 10.2 Å². The summed E-state index contributed by atoms with van der Waals surface area (Å²) in [5.74, 6) is -0.0672. The Balaban J connectivity index is 2.49. The van der Waals surface area contributed by atoms with Gasteiger partial charge in [-0.15, -0.1) is 0 Å². The van der Waals surface area contributed by atoms with Crippen LogP contribution in [0.4, 0.5) is 4.39 Å². The monoisotopic (exact) mass is 286 g/mol. The molecule has 94 valence electrons. The molecule has 3 nitrogen and oxygen atoms in total. The molecule has 0 bridgehead atoms. The number of hydrogen-bond acceptors (Lipinski definition) is 3. The Kier molecular flexibility index (Phi) is 4.11. The molecule has 0 spiro atoms. The number of benzene rings is 1. The summed E-state index contributed by atoms with van der Waals surface area (Å²) >= 11 is 11.8. The van der Waals surface area contributed by atoms with Crippen molar-refractivity contribution in [1.82, 2.24) is 9.97 Å². The third-order valence-corrected chi connectivity index (χ3v) is 2.72. The maximum Gasteiger partial charge on any atom is 0.162 e. The first kappa shape index (κ1) is 13.2. The number of halogens is 3. The maximum absolute atomic E-state index is 13.0. The van der Waals surface area contributed by atoms with Crippen LogP contribution in [0.2, 0.25) is 10.2 Å². The summed E-state index contributed by atoms with van der Waals surface area (Å²) in [7, 11) is 1.56. The third kappa shape index (κ3) is 2.96. The van der Waals surface area contributed by atoms with Gasteiger partial charge in [-0.25, -0.2) is 14.4 Å². The van der Waals surface area contributed by atoms with Crippen LogP contribution in [-0.2, 0) is 11.3 Å². The fraction of sp³-hybridized carbons (Fsp3) is 0.167. The van der Waals surface area contributed by atoms with Crippen molar-refractivity contribution in [2.45, 2.75) is 6.61 Å². The highest BCUT2D eigenvalue weighted by Gasteiger charge is 2.10. The van der Waals surface area contributed by atoms with Crippen LogP contribution in [0.15, 0.2) is 24.3 Å². The van der Waals surface area contributed by atoms with Gasteiger partial charge < -0.3 is 4.74 Å². The summed E-state index contributed by atoms with van der Waals surface area (Å²) in [5.41, 5.74) is 1.16. The van der Waals surface area contributed by atoms with Crippen LogP contribution in [0.1, 0.15) is 5.69 Å². The van der Waals surface area contributed by atoms with Gasteiger partial charge in [0.2, 0.25) is 0 Å². The van der Waals surface area contributed by atoms with Crippen molar-refractivity contribution >= 4 is 23.2 Å². The molecule has 2 rings (SSSR count). The van der Waals surface area contributed by atoms with E-state index < -0.39 is 5.82 Å². The number of hydrogen-bond donors (Lipinski definition) is 0. The first-order chi connectivity index (χ1) is 8.60. The summed E-state index contributed by atoms with van der Waals surface area (Å²) < 4.78 is 18.0. The molecular formula is C12H9Cl2FN2O. The van der Waals surface area contributed by atoms with Crippen molar-refractivity contribution in [3.8, 4) is 11.4 Å². The van der Waals surface area contributed by atoms with Crippen LogP contribution in [-0.4, -0.2) is 17.1 Å². The highest BCUT2D eigenvalue weighted by atomic mass is 35.5. The molecule has 0 unspecified atom stereocenters. The largest absolute Gasteiger partial charge is 0.378 e. The highest BCUT2D eigenvalue weighted by Crippen LogP contribution is 2.27. The second-order valence-corrected chi connectivity index (χ2v) is 4.36. The molecule has 1 aromatic carbocycles. The Morgan fingerprint density at radius 1 is 1.22 bits per heavy atom. The number of methoxy groups -OCH3 is 1. The molecule has 0 saturated carbocycles. The molecule has 1 aromatic heterocycles. The molecule has 0 fully saturated rings. The van der Waals surface area contributed by atoms with Crippen LogP contribution >= 0.6 is 23.2 Å². The molecule has 6 heteroatoms. The quantitative estimate of drug-likeness (QED) is 0.807. The summed E-state index contributed by atoms with van der Waals surface area (Å²) in [5, 5.41) is 0.521. The van der Waals surface area contributed by atoms with Gasteiger partial charge in [0, 0.05) is 12.7 Å². The summed E-state index contributed by atoms with van der Waals surface area (Å²) in [4.78, 5) is 8.33. The Morgan fingerprint density at radius 3 is 2.67 bits per heavy atom. The van der Waals surface area contributed by atoms with Crippen LogP contribution in [0.5, 0.6) is 0 Å². The zero-order valence-electron chi connectivity index (χ0n) is 9.45. The predicted molar refractivity (Wildman–Crippen MR) is 68.2 cm³/mol. The molecule has 0 radical (unpaired) electrons. The SMILES string of the molecule is COCc1cc(Cl)nc(-c2ccc(F)cc2Cl)n1. The number of aromatic nitrogens is 2. The minimum atomic E-state index is -0.414. The van der Waals surface area contributed by atoms with E-state index in [1.165, 1.54) is 18.2 Å². The molecule has 0 atom stereocenters. The fourth-order valence-electron chi connectivity index (χ4n) is 1.48. The molecule has 0 aliphatic rings. The molecule has 1 heterocycles. The Bertz CT molecular complexity index is 578. The van der Waals surface area contributed by atoms with E-state index in [4.69, 9.17) is 27.9 Å². The lowest BCUT2D eigenvalue weighted by Gasteiger charge is -2.06. The number of nitrogens with zero attached hydrogens (tertiary/aromatic N) is 2. The predicted octanol–water partition coefficient (Wildman–Crippen LogP) is 3.74. The molecule has 0 N–H and O–H groups in total. The van der Waals surface area contributed by atoms with E-state index in [1.54, 1.807) is 13.2 Å². The lowest BCUT2D eigenvalue weighted by atomic mass is 10.2. The van der Waals surface area contributed by atoms with Crippen molar-refractivity contribution < 1.29 is 9.13 Å². The van der Waals surface area contributed by atoms with E-state index in [1.807, 2.05) is 0 Å². The van der Waals surface area contributed by atoms with Crippen LogP contribution in [0.25, 0.3) is 11.4 Å². The summed E-state index contributed by atoms with van der Waals surface area (Å²) in [6, 6.07) is 5.62. The Morgan fingerprint density at radius 2 is 2.00 bits per heavy atom. The van der Waals surface area contributed by atoms with E-state index in [9.17, 15) is 4.39 Å². The summed E-state index contributed by atoms with van der Waals surface area (Å²) in [6.45, 7) is 0.314. The molecule has 0 amide bonds. The normalized spacial score (nSPS) is 10.7. The molecule has 0 aliphatic heterocycles. The highest BCUT2D eigenvalue weighted by molar-refractivity contribution is 6.33. The van der Waals surface area contributed by atoms with Crippen molar-refractivity contribution in [3.05, 3.63) is 46.0 Å². The maximum atomic E-state index is 13.0. The molecule has 0 saturated heterocycles. The first-order valence-electron chi connectivity index (χ1n) is 5.08. The zero-order chi connectivity index (χ0) is 13.1. The van der Waals surface area contributed by atoms with Gasteiger partial charge in [-0.1, -0.05) is 23.2 Å². The minimum absolute atomic E-state index is 0.237. The topological polar surface area (TPSA) is 35.0 Å². The number of ether oxygens (including phenoxy) is 1. The molecule has 2 aromatic rings. The first-order valence-corrected chi connectivity index (χ1v) is 5.83. The fourth-order valence-corrected chi connectivity index (χ4v) is 1.94. The van der Waals surface area contributed by atoms with Gasteiger partial charge in [-0.2, -0.15) is 0 Å². The zero-order valence-corrected chi connectivity index (χ0v) is 11.0. The van der Waals surface area contributed by atoms with Crippen molar-refractivity contribution in [1.29, 1.82) is 0 Å². The Labute approximate surface area is 114 Å².